The third-order valence-corrected chi connectivity index (χ3v) is 3.37. The fourth-order valence-electron chi connectivity index (χ4n) is 2.06. The lowest BCUT2D eigenvalue weighted by Gasteiger charge is -2.23. The summed E-state index contributed by atoms with van der Waals surface area (Å²) in [6.07, 6.45) is 1.08. The predicted octanol–water partition coefficient (Wildman–Crippen LogP) is 4.23. The molecule has 0 aliphatic heterocycles. The Hall–Kier alpha value is -1.11. The molecule has 0 bridgehead atoms. The van der Waals surface area contributed by atoms with Crippen molar-refractivity contribution in [3.05, 3.63) is 34.9 Å². The number of benzene rings is 1. The van der Waals surface area contributed by atoms with Crippen molar-refractivity contribution < 1.29 is 4.79 Å². The number of rotatable bonds is 3. The smallest absolute Gasteiger partial charge is 0.127 e. The average Bonchev–Trinajstić information content (AvgIpc) is 2.19. The molecule has 0 heterocycles. The summed E-state index contributed by atoms with van der Waals surface area (Å²) in [5.41, 5.74) is 3.82. The van der Waals surface area contributed by atoms with E-state index in [1.807, 2.05) is 0 Å². The van der Waals surface area contributed by atoms with Crippen molar-refractivity contribution in [2.75, 3.05) is 0 Å². The van der Waals surface area contributed by atoms with Crippen molar-refractivity contribution in [3.8, 4) is 0 Å². The van der Waals surface area contributed by atoms with Gasteiger partial charge in [-0.2, -0.15) is 0 Å². The SMILES string of the molecule is Cc1ccc(C(C)(C)C)cc1C(C=O)C(C)C. The first-order chi connectivity index (χ1) is 7.77. The molecular weight excluding hydrogens is 208 g/mol. The Bertz CT molecular complexity index is 396. The zero-order valence-corrected chi connectivity index (χ0v) is 11.9. The second kappa shape index (κ2) is 5.03. The second-order valence-electron chi connectivity index (χ2n) is 6.23. The highest BCUT2D eigenvalue weighted by molar-refractivity contribution is 5.64. The minimum absolute atomic E-state index is 0.0114. The van der Waals surface area contributed by atoms with Crippen molar-refractivity contribution >= 4 is 6.29 Å². The molecular formula is C16H24O. The van der Waals surface area contributed by atoms with Gasteiger partial charge in [0, 0.05) is 5.92 Å². The van der Waals surface area contributed by atoms with Crippen LogP contribution in [0.5, 0.6) is 0 Å². The van der Waals surface area contributed by atoms with Crippen LogP contribution in [0.2, 0.25) is 0 Å². The lowest BCUT2D eigenvalue weighted by molar-refractivity contribution is -0.109. The van der Waals surface area contributed by atoms with Gasteiger partial charge in [0.2, 0.25) is 0 Å². The lowest BCUT2D eigenvalue weighted by Crippen LogP contribution is -2.15. The highest BCUT2D eigenvalue weighted by Crippen LogP contribution is 2.30. The standard InChI is InChI=1S/C16H24O/c1-11(2)15(10-17)14-9-13(16(4,5)6)8-7-12(14)3/h7-11,15H,1-6H3. The molecule has 0 aliphatic carbocycles. The molecule has 0 aromatic heterocycles. The molecule has 0 N–H and O–H groups in total. The van der Waals surface area contributed by atoms with E-state index in [1.54, 1.807) is 0 Å². The molecule has 0 aliphatic rings. The maximum atomic E-state index is 11.3. The normalized spacial score (nSPS) is 13.8. The number of hydrogen-bond acceptors (Lipinski definition) is 1. The van der Waals surface area contributed by atoms with Crippen LogP contribution in [-0.2, 0) is 10.2 Å². The van der Waals surface area contributed by atoms with Crippen LogP contribution in [0, 0.1) is 12.8 Å². The summed E-state index contributed by atoms with van der Waals surface area (Å²) in [5, 5.41) is 0. The van der Waals surface area contributed by atoms with Gasteiger partial charge in [-0.1, -0.05) is 52.8 Å². The number of aldehydes is 1. The van der Waals surface area contributed by atoms with Gasteiger partial charge >= 0.3 is 0 Å². The van der Waals surface area contributed by atoms with E-state index in [0.29, 0.717) is 5.92 Å². The fraction of sp³-hybridized carbons (Fsp3) is 0.562. The number of aryl methyl sites for hydroxylation is 1. The van der Waals surface area contributed by atoms with Crippen molar-refractivity contribution in [3.63, 3.8) is 0 Å². The summed E-state index contributed by atoms with van der Waals surface area (Å²) < 4.78 is 0. The zero-order chi connectivity index (χ0) is 13.2. The van der Waals surface area contributed by atoms with Gasteiger partial charge in [0.05, 0.1) is 0 Å². The summed E-state index contributed by atoms with van der Waals surface area (Å²) in [5.74, 6) is 0.360. The molecule has 1 aromatic rings. The molecule has 1 heteroatoms. The van der Waals surface area contributed by atoms with Gasteiger partial charge in [-0.15, -0.1) is 0 Å². The van der Waals surface area contributed by atoms with Crippen LogP contribution in [0.4, 0.5) is 0 Å². The van der Waals surface area contributed by atoms with Crippen LogP contribution in [0.25, 0.3) is 0 Å². The number of carbonyl (C=O) groups is 1. The Morgan fingerprint density at radius 1 is 1.18 bits per heavy atom. The van der Waals surface area contributed by atoms with Gasteiger partial charge in [-0.25, -0.2) is 0 Å². The number of hydrogen-bond donors (Lipinski definition) is 0. The van der Waals surface area contributed by atoms with Crippen molar-refractivity contribution in [2.24, 2.45) is 5.92 Å². The van der Waals surface area contributed by atoms with Gasteiger partial charge in [0.15, 0.2) is 0 Å². The topological polar surface area (TPSA) is 17.1 Å². The quantitative estimate of drug-likeness (QED) is 0.713. The summed E-state index contributed by atoms with van der Waals surface area (Å²) in [6.45, 7) is 12.9. The molecule has 0 saturated heterocycles. The molecule has 94 valence electrons. The van der Waals surface area contributed by atoms with E-state index in [1.165, 1.54) is 16.7 Å². The van der Waals surface area contributed by atoms with Crippen LogP contribution >= 0.6 is 0 Å². The third-order valence-electron chi connectivity index (χ3n) is 3.37. The Morgan fingerprint density at radius 3 is 2.18 bits per heavy atom. The lowest BCUT2D eigenvalue weighted by atomic mass is 9.81. The van der Waals surface area contributed by atoms with Crippen LogP contribution in [0.3, 0.4) is 0 Å². The van der Waals surface area contributed by atoms with E-state index in [4.69, 9.17) is 0 Å². The van der Waals surface area contributed by atoms with Crippen LogP contribution in [0.1, 0.15) is 57.2 Å². The molecule has 0 saturated carbocycles. The minimum atomic E-state index is 0.0114. The highest BCUT2D eigenvalue weighted by Gasteiger charge is 2.20. The van der Waals surface area contributed by atoms with Crippen LogP contribution in [-0.4, -0.2) is 6.29 Å². The summed E-state index contributed by atoms with van der Waals surface area (Å²) in [6, 6.07) is 6.50. The molecule has 1 unspecified atom stereocenters. The largest absolute Gasteiger partial charge is 0.303 e. The Kier molecular flexibility index (Phi) is 4.13. The Labute approximate surface area is 105 Å². The zero-order valence-electron chi connectivity index (χ0n) is 11.9. The van der Waals surface area contributed by atoms with Gasteiger partial charge in [0.1, 0.15) is 6.29 Å². The summed E-state index contributed by atoms with van der Waals surface area (Å²) in [7, 11) is 0. The van der Waals surface area contributed by atoms with Crippen molar-refractivity contribution in [1.82, 2.24) is 0 Å². The maximum absolute atomic E-state index is 11.3. The van der Waals surface area contributed by atoms with Crippen LogP contribution < -0.4 is 0 Å². The molecule has 0 fully saturated rings. The fourth-order valence-corrected chi connectivity index (χ4v) is 2.06. The molecule has 0 amide bonds. The van der Waals surface area contributed by atoms with E-state index in [2.05, 4.69) is 59.7 Å². The maximum Gasteiger partial charge on any atom is 0.127 e. The van der Waals surface area contributed by atoms with E-state index >= 15 is 0 Å². The monoisotopic (exact) mass is 232 g/mol. The molecule has 1 rings (SSSR count). The van der Waals surface area contributed by atoms with E-state index in [0.717, 1.165) is 6.29 Å². The highest BCUT2D eigenvalue weighted by atomic mass is 16.1. The Balaban J connectivity index is 3.27. The van der Waals surface area contributed by atoms with Crippen molar-refractivity contribution in [1.29, 1.82) is 0 Å². The second-order valence-corrected chi connectivity index (χ2v) is 6.23. The first kappa shape index (κ1) is 14.0. The minimum Gasteiger partial charge on any atom is -0.303 e. The van der Waals surface area contributed by atoms with E-state index < -0.39 is 0 Å². The first-order valence-corrected chi connectivity index (χ1v) is 6.33. The molecule has 1 aromatic carbocycles. The number of carbonyl (C=O) groups excluding carboxylic acids is 1. The summed E-state index contributed by atoms with van der Waals surface area (Å²) in [4.78, 5) is 11.3. The molecule has 0 radical (unpaired) electrons. The Morgan fingerprint density at radius 2 is 1.76 bits per heavy atom. The molecule has 1 nitrogen and oxygen atoms in total. The van der Waals surface area contributed by atoms with Crippen molar-refractivity contribution in [2.45, 2.75) is 52.9 Å². The summed E-state index contributed by atoms with van der Waals surface area (Å²) >= 11 is 0. The van der Waals surface area contributed by atoms with Crippen LogP contribution in [0.15, 0.2) is 18.2 Å². The third kappa shape index (κ3) is 3.18. The van der Waals surface area contributed by atoms with Gasteiger partial charge in [0.25, 0.3) is 0 Å². The molecule has 17 heavy (non-hydrogen) atoms. The first-order valence-electron chi connectivity index (χ1n) is 6.33. The van der Waals surface area contributed by atoms with Gasteiger partial charge < -0.3 is 4.79 Å². The molecule has 0 spiro atoms. The van der Waals surface area contributed by atoms with Gasteiger partial charge in [-0.3, -0.25) is 0 Å². The predicted molar refractivity (Wildman–Crippen MR) is 73.5 cm³/mol. The van der Waals surface area contributed by atoms with E-state index in [9.17, 15) is 4.79 Å². The van der Waals surface area contributed by atoms with E-state index in [-0.39, 0.29) is 11.3 Å². The average molecular weight is 232 g/mol. The van der Waals surface area contributed by atoms with Gasteiger partial charge in [-0.05, 0) is 34.9 Å². The molecule has 1 atom stereocenters.